The van der Waals surface area contributed by atoms with Crippen LogP contribution in [0.5, 0.6) is 0 Å². The molecule has 0 rings (SSSR count). The number of nitrogens with one attached hydrogen (secondary N) is 1. The van der Waals surface area contributed by atoms with Crippen LogP contribution in [0.1, 0.15) is 200 Å². The number of amides is 1. The van der Waals surface area contributed by atoms with Gasteiger partial charge in [0.2, 0.25) is 5.91 Å². The predicted molar refractivity (Wildman–Crippen MR) is 185 cm³/mol. The monoisotopic (exact) mass is 610 g/mol. The molecule has 1 amide bonds. The summed E-state index contributed by atoms with van der Waals surface area (Å²) >= 11 is 0. The molecule has 256 valence electrons. The number of aliphatic hydroxyl groups is 3. The van der Waals surface area contributed by atoms with Crippen LogP contribution in [0.2, 0.25) is 0 Å². The first-order valence-corrected chi connectivity index (χ1v) is 19.0. The van der Waals surface area contributed by atoms with E-state index in [0.29, 0.717) is 12.8 Å². The molecule has 5 heteroatoms. The molecule has 0 unspecified atom stereocenters. The van der Waals surface area contributed by atoms with Gasteiger partial charge in [0.05, 0.1) is 24.9 Å². The largest absolute Gasteiger partial charge is 0.394 e. The number of carbonyl (C=O) groups is 1. The Labute approximate surface area is 268 Å². The van der Waals surface area contributed by atoms with Crippen molar-refractivity contribution in [1.82, 2.24) is 5.32 Å². The highest BCUT2D eigenvalue weighted by molar-refractivity contribution is 5.76. The molecule has 0 spiro atoms. The van der Waals surface area contributed by atoms with Gasteiger partial charge < -0.3 is 20.6 Å². The minimum atomic E-state index is -1.01. The second-order valence-electron chi connectivity index (χ2n) is 13.2. The standard InChI is InChI=1S/C38H75NO4/c1-3-5-7-9-11-13-15-16-17-18-19-20-21-23-25-27-29-31-38(43)39-36(34-40)37(42)33-32-35(41)30-28-26-24-22-14-12-10-8-6-4-2/h32-33,35-37,40-42H,3-31,34H2,1-2H3,(H,39,43)/b33-32+/t35-,36+,37-/m1/s1. The fourth-order valence-corrected chi connectivity index (χ4v) is 5.84. The van der Waals surface area contributed by atoms with Gasteiger partial charge in [0, 0.05) is 6.42 Å². The fraction of sp³-hybridized carbons (Fsp3) is 0.921. The van der Waals surface area contributed by atoms with Gasteiger partial charge in [-0.15, -0.1) is 0 Å². The summed E-state index contributed by atoms with van der Waals surface area (Å²) in [5, 5.41) is 33.1. The van der Waals surface area contributed by atoms with Crippen LogP contribution in [0.4, 0.5) is 0 Å². The van der Waals surface area contributed by atoms with Gasteiger partial charge in [-0.3, -0.25) is 4.79 Å². The molecule has 0 aliphatic carbocycles. The van der Waals surface area contributed by atoms with Crippen LogP contribution >= 0.6 is 0 Å². The second kappa shape index (κ2) is 34.0. The van der Waals surface area contributed by atoms with Crippen molar-refractivity contribution in [2.24, 2.45) is 0 Å². The van der Waals surface area contributed by atoms with Crippen molar-refractivity contribution in [1.29, 1.82) is 0 Å². The van der Waals surface area contributed by atoms with Crippen LogP contribution in [-0.2, 0) is 4.79 Å². The second-order valence-corrected chi connectivity index (χ2v) is 13.2. The van der Waals surface area contributed by atoms with Gasteiger partial charge in [-0.1, -0.05) is 193 Å². The Kier molecular flexibility index (Phi) is 33.3. The molecule has 0 aliphatic heterocycles. The molecule has 0 saturated carbocycles. The lowest BCUT2D eigenvalue weighted by atomic mass is 10.0. The van der Waals surface area contributed by atoms with Crippen molar-refractivity contribution >= 4 is 5.91 Å². The molecule has 0 radical (unpaired) electrons. The minimum Gasteiger partial charge on any atom is -0.394 e. The van der Waals surface area contributed by atoms with Gasteiger partial charge >= 0.3 is 0 Å². The maximum atomic E-state index is 12.3. The highest BCUT2D eigenvalue weighted by atomic mass is 16.3. The first-order valence-electron chi connectivity index (χ1n) is 19.0. The summed E-state index contributed by atoms with van der Waals surface area (Å²) in [5.74, 6) is -0.127. The SMILES string of the molecule is CCCCCCCCCCCCCCCCCCCC(=O)N[C@@H](CO)[C@H](O)/C=C/[C@H](O)CCCCCCCCCCCC. The Morgan fingerprint density at radius 1 is 0.535 bits per heavy atom. The topological polar surface area (TPSA) is 89.8 Å². The first kappa shape index (κ1) is 42.1. The van der Waals surface area contributed by atoms with Crippen LogP contribution in [0.15, 0.2) is 12.2 Å². The van der Waals surface area contributed by atoms with E-state index in [-0.39, 0.29) is 12.5 Å². The molecular weight excluding hydrogens is 534 g/mol. The lowest BCUT2D eigenvalue weighted by Crippen LogP contribution is -2.45. The number of carbonyl (C=O) groups excluding carboxylic acids is 1. The zero-order chi connectivity index (χ0) is 31.6. The van der Waals surface area contributed by atoms with E-state index in [4.69, 9.17) is 0 Å². The molecule has 4 N–H and O–H groups in total. The zero-order valence-electron chi connectivity index (χ0n) is 28.8. The Bertz CT molecular complexity index is 596. The van der Waals surface area contributed by atoms with Crippen LogP contribution in [0.25, 0.3) is 0 Å². The van der Waals surface area contributed by atoms with Crippen molar-refractivity contribution in [3.8, 4) is 0 Å². The Hall–Kier alpha value is -0.910. The average Bonchev–Trinajstić information content (AvgIpc) is 3.01. The van der Waals surface area contributed by atoms with Gasteiger partial charge in [-0.2, -0.15) is 0 Å². The van der Waals surface area contributed by atoms with E-state index in [1.54, 1.807) is 6.08 Å². The molecule has 0 heterocycles. The average molecular weight is 610 g/mol. The zero-order valence-corrected chi connectivity index (χ0v) is 28.8. The summed E-state index contributed by atoms with van der Waals surface area (Å²) in [4.78, 5) is 12.3. The maximum absolute atomic E-state index is 12.3. The van der Waals surface area contributed by atoms with E-state index < -0.39 is 18.2 Å². The van der Waals surface area contributed by atoms with Gasteiger partial charge in [0.1, 0.15) is 0 Å². The lowest BCUT2D eigenvalue weighted by molar-refractivity contribution is -0.123. The van der Waals surface area contributed by atoms with Crippen LogP contribution in [-0.4, -0.2) is 46.1 Å². The third kappa shape index (κ3) is 30.9. The molecule has 0 aromatic rings. The highest BCUT2D eigenvalue weighted by Crippen LogP contribution is 2.15. The smallest absolute Gasteiger partial charge is 0.220 e. The summed E-state index contributed by atoms with van der Waals surface area (Å²) in [6.07, 6.45) is 37.5. The molecule has 0 saturated heterocycles. The van der Waals surface area contributed by atoms with Gasteiger partial charge in [-0.05, 0) is 12.8 Å². The van der Waals surface area contributed by atoms with Gasteiger partial charge in [0.15, 0.2) is 0 Å². The summed E-state index contributed by atoms with van der Waals surface area (Å²) < 4.78 is 0. The van der Waals surface area contributed by atoms with E-state index in [1.165, 1.54) is 147 Å². The predicted octanol–water partition coefficient (Wildman–Crippen LogP) is 10.1. The number of aliphatic hydroxyl groups excluding tert-OH is 3. The van der Waals surface area contributed by atoms with Crippen molar-refractivity contribution < 1.29 is 20.1 Å². The lowest BCUT2D eigenvalue weighted by Gasteiger charge is -2.20. The molecule has 5 nitrogen and oxygen atoms in total. The van der Waals surface area contributed by atoms with Crippen molar-refractivity contribution in [2.45, 2.75) is 218 Å². The van der Waals surface area contributed by atoms with E-state index in [9.17, 15) is 20.1 Å². The van der Waals surface area contributed by atoms with Crippen LogP contribution in [0.3, 0.4) is 0 Å². The Balaban J connectivity index is 3.68. The summed E-state index contributed by atoms with van der Waals surface area (Å²) in [6, 6.07) is -0.737. The van der Waals surface area contributed by atoms with Crippen molar-refractivity contribution in [2.75, 3.05) is 6.61 Å². The fourth-order valence-electron chi connectivity index (χ4n) is 5.84. The number of hydrogen-bond acceptors (Lipinski definition) is 4. The molecule has 3 atom stereocenters. The summed E-state index contributed by atoms with van der Waals surface area (Å²) in [6.45, 7) is 4.19. The molecule has 0 aromatic heterocycles. The Morgan fingerprint density at radius 2 is 0.884 bits per heavy atom. The van der Waals surface area contributed by atoms with Gasteiger partial charge in [0.25, 0.3) is 0 Å². The molecule has 0 aliphatic rings. The minimum absolute atomic E-state index is 0.127. The van der Waals surface area contributed by atoms with E-state index >= 15 is 0 Å². The Morgan fingerprint density at radius 3 is 1.26 bits per heavy atom. The van der Waals surface area contributed by atoms with Gasteiger partial charge in [-0.25, -0.2) is 0 Å². The van der Waals surface area contributed by atoms with Crippen LogP contribution in [0, 0.1) is 0 Å². The van der Waals surface area contributed by atoms with Crippen molar-refractivity contribution in [3.05, 3.63) is 12.2 Å². The van der Waals surface area contributed by atoms with E-state index in [2.05, 4.69) is 19.2 Å². The molecule has 0 fully saturated rings. The highest BCUT2D eigenvalue weighted by Gasteiger charge is 2.18. The summed E-state index contributed by atoms with van der Waals surface area (Å²) in [7, 11) is 0. The summed E-state index contributed by atoms with van der Waals surface area (Å²) in [5.41, 5.74) is 0. The van der Waals surface area contributed by atoms with Crippen molar-refractivity contribution in [3.63, 3.8) is 0 Å². The molecular formula is C38H75NO4. The van der Waals surface area contributed by atoms with E-state index in [1.807, 2.05) is 0 Å². The number of unbranched alkanes of at least 4 members (excludes halogenated alkanes) is 25. The molecule has 43 heavy (non-hydrogen) atoms. The number of hydrogen-bond donors (Lipinski definition) is 4. The maximum Gasteiger partial charge on any atom is 0.220 e. The van der Waals surface area contributed by atoms with Crippen LogP contribution < -0.4 is 5.32 Å². The molecule has 0 bridgehead atoms. The first-order chi connectivity index (χ1) is 21.0. The number of rotatable bonds is 34. The third-order valence-corrected chi connectivity index (χ3v) is 8.85. The normalized spacial score (nSPS) is 13.9. The quantitative estimate of drug-likeness (QED) is 0.0432. The third-order valence-electron chi connectivity index (χ3n) is 8.85. The van der Waals surface area contributed by atoms with E-state index in [0.717, 1.165) is 32.1 Å². The molecule has 0 aromatic carbocycles.